The Hall–Kier alpha value is -2.30. The number of aldehydes is 1. The number of benzene rings is 1. The van der Waals surface area contributed by atoms with E-state index in [9.17, 15) is 14.7 Å². The Morgan fingerprint density at radius 1 is 1.39 bits per heavy atom. The Kier molecular flexibility index (Phi) is 3.32. The highest BCUT2D eigenvalue weighted by Gasteiger charge is 2.11. The molecule has 2 N–H and O–H groups in total. The van der Waals surface area contributed by atoms with Crippen LogP contribution in [0.2, 0.25) is 0 Å². The second-order valence-corrected chi connectivity index (χ2v) is 3.99. The quantitative estimate of drug-likeness (QED) is 0.793. The molecule has 0 aliphatic carbocycles. The Labute approximate surface area is 103 Å². The molecule has 5 heteroatoms. The largest absolute Gasteiger partial charge is 0.507 e. The van der Waals surface area contributed by atoms with Crippen molar-refractivity contribution in [1.29, 1.82) is 0 Å². The van der Waals surface area contributed by atoms with Crippen LogP contribution in [0.5, 0.6) is 5.75 Å². The van der Waals surface area contributed by atoms with Gasteiger partial charge in [0.25, 0.3) is 0 Å². The summed E-state index contributed by atoms with van der Waals surface area (Å²) >= 11 is 0. The number of hydrogen-bond acceptors (Lipinski definition) is 4. The third kappa shape index (κ3) is 2.34. The molecule has 0 unspecified atom stereocenters. The van der Waals surface area contributed by atoms with E-state index in [1.165, 1.54) is 12.1 Å². The molecule has 1 heterocycles. The van der Waals surface area contributed by atoms with E-state index in [2.05, 4.69) is 0 Å². The second-order valence-electron chi connectivity index (χ2n) is 3.99. The first kappa shape index (κ1) is 12.2. The van der Waals surface area contributed by atoms with Gasteiger partial charge in [-0.2, -0.15) is 0 Å². The van der Waals surface area contributed by atoms with Crippen LogP contribution in [0.15, 0.2) is 22.6 Å². The molecule has 0 atom stereocenters. The molecule has 0 saturated heterocycles. The average Bonchev–Trinajstić information content (AvgIpc) is 2.74. The van der Waals surface area contributed by atoms with Crippen molar-refractivity contribution in [2.75, 3.05) is 0 Å². The number of carboxylic acids is 1. The minimum absolute atomic E-state index is 0.0452. The normalized spacial score (nSPS) is 10.7. The van der Waals surface area contributed by atoms with Crippen LogP contribution in [0.25, 0.3) is 11.0 Å². The van der Waals surface area contributed by atoms with Gasteiger partial charge in [0.1, 0.15) is 17.1 Å². The van der Waals surface area contributed by atoms with Crippen molar-refractivity contribution in [2.24, 2.45) is 0 Å². The fraction of sp³-hybridized carbons (Fsp3) is 0.231. The van der Waals surface area contributed by atoms with E-state index in [4.69, 9.17) is 9.52 Å². The number of furan rings is 1. The minimum Gasteiger partial charge on any atom is -0.507 e. The lowest BCUT2D eigenvalue weighted by molar-refractivity contribution is -0.137. The van der Waals surface area contributed by atoms with Crippen molar-refractivity contribution in [3.8, 4) is 5.75 Å². The van der Waals surface area contributed by atoms with Gasteiger partial charge < -0.3 is 14.6 Å². The van der Waals surface area contributed by atoms with Crippen molar-refractivity contribution in [3.05, 3.63) is 29.5 Å². The first-order valence-electron chi connectivity index (χ1n) is 5.53. The Balaban J connectivity index is 2.28. The maximum Gasteiger partial charge on any atom is 0.303 e. The lowest BCUT2D eigenvalue weighted by Crippen LogP contribution is -1.94. The molecule has 0 bridgehead atoms. The van der Waals surface area contributed by atoms with E-state index < -0.39 is 5.97 Å². The number of hydrogen-bond donors (Lipinski definition) is 2. The molecule has 0 radical (unpaired) electrons. The molecule has 0 aliphatic rings. The molecule has 1 aromatic heterocycles. The van der Waals surface area contributed by atoms with Gasteiger partial charge in [-0.1, -0.05) is 0 Å². The van der Waals surface area contributed by atoms with Crippen LogP contribution in [-0.2, 0) is 11.2 Å². The number of carbonyl (C=O) groups is 2. The van der Waals surface area contributed by atoms with Crippen LogP contribution in [0, 0.1) is 0 Å². The third-order valence-corrected chi connectivity index (χ3v) is 2.68. The van der Waals surface area contributed by atoms with E-state index in [0.29, 0.717) is 41.4 Å². The van der Waals surface area contributed by atoms with Crippen LogP contribution in [-0.4, -0.2) is 22.5 Å². The van der Waals surface area contributed by atoms with E-state index in [1.54, 1.807) is 6.07 Å². The number of carboxylic acid groups (broad SMARTS) is 1. The van der Waals surface area contributed by atoms with Gasteiger partial charge >= 0.3 is 5.97 Å². The Bertz CT molecular complexity index is 597. The predicted molar refractivity (Wildman–Crippen MR) is 63.8 cm³/mol. The van der Waals surface area contributed by atoms with Crippen LogP contribution in [0.4, 0.5) is 0 Å². The summed E-state index contributed by atoms with van der Waals surface area (Å²) in [5.74, 6) is -0.248. The number of phenols is 1. The van der Waals surface area contributed by atoms with Gasteiger partial charge in [-0.3, -0.25) is 9.59 Å². The second kappa shape index (κ2) is 4.91. The SMILES string of the molecule is O=Cc1ccc(O)c2cc(CCCC(=O)O)oc12. The third-order valence-electron chi connectivity index (χ3n) is 2.68. The standard InChI is InChI=1S/C13H12O5/c14-7-8-4-5-11(15)10-6-9(18-13(8)10)2-1-3-12(16)17/h4-7,15H,1-3H2,(H,16,17). The molecule has 0 aliphatic heterocycles. The highest BCUT2D eigenvalue weighted by molar-refractivity contribution is 5.97. The Morgan fingerprint density at radius 3 is 2.83 bits per heavy atom. The summed E-state index contributed by atoms with van der Waals surface area (Å²) in [6.07, 6.45) is 1.63. The van der Waals surface area contributed by atoms with Crippen LogP contribution < -0.4 is 0 Å². The Morgan fingerprint density at radius 2 is 2.17 bits per heavy atom. The summed E-state index contributed by atoms with van der Waals surface area (Å²) in [7, 11) is 0. The summed E-state index contributed by atoms with van der Waals surface area (Å²) in [4.78, 5) is 21.2. The van der Waals surface area contributed by atoms with Crippen molar-refractivity contribution >= 4 is 23.2 Å². The van der Waals surface area contributed by atoms with Crippen LogP contribution in [0.3, 0.4) is 0 Å². The smallest absolute Gasteiger partial charge is 0.303 e. The highest BCUT2D eigenvalue weighted by atomic mass is 16.4. The summed E-state index contributed by atoms with van der Waals surface area (Å²) in [6.45, 7) is 0. The molecule has 1 aromatic carbocycles. The van der Waals surface area contributed by atoms with Crippen LogP contribution >= 0.6 is 0 Å². The van der Waals surface area contributed by atoms with E-state index in [1.807, 2.05) is 0 Å². The lowest BCUT2D eigenvalue weighted by Gasteiger charge is -1.95. The first-order chi connectivity index (χ1) is 8.61. The first-order valence-corrected chi connectivity index (χ1v) is 5.53. The van der Waals surface area contributed by atoms with Gasteiger partial charge in [0.05, 0.1) is 10.9 Å². The van der Waals surface area contributed by atoms with Crippen molar-refractivity contribution in [2.45, 2.75) is 19.3 Å². The molecule has 2 aromatic rings. The molecule has 94 valence electrons. The van der Waals surface area contributed by atoms with Crippen LogP contribution in [0.1, 0.15) is 29.0 Å². The highest BCUT2D eigenvalue weighted by Crippen LogP contribution is 2.30. The van der Waals surface area contributed by atoms with Gasteiger partial charge in [0.2, 0.25) is 0 Å². The molecule has 5 nitrogen and oxygen atoms in total. The maximum atomic E-state index is 10.8. The molecule has 0 amide bonds. The fourth-order valence-corrected chi connectivity index (χ4v) is 1.81. The van der Waals surface area contributed by atoms with E-state index in [-0.39, 0.29) is 12.2 Å². The number of aliphatic carboxylic acids is 1. The molecule has 18 heavy (non-hydrogen) atoms. The number of carbonyl (C=O) groups excluding carboxylic acids is 1. The molecule has 0 saturated carbocycles. The molecular formula is C13H12O5. The monoisotopic (exact) mass is 248 g/mol. The van der Waals surface area contributed by atoms with Crippen molar-refractivity contribution in [3.63, 3.8) is 0 Å². The summed E-state index contributed by atoms with van der Waals surface area (Å²) in [5.41, 5.74) is 0.711. The van der Waals surface area contributed by atoms with Crippen molar-refractivity contribution in [1.82, 2.24) is 0 Å². The van der Waals surface area contributed by atoms with Gasteiger partial charge in [0, 0.05) is 12.8 Å². The zero-order chi connectivity index (χ0) is 13.1. The molecule has 0 spiro atoms. The fourth-order valence-electron chi connectivity index (χ4n) is 1.81. The van der Waals surface area contributed by atoms with Gasteiger partial charge in [-0.15, -0.1) is 0 Å². The number of rotatable bonds is 5. The number of aryl methyl sites for hydroxylation is 1. The molecule has 2 rings (SSSR count). The van der Waals surface area contributed by atoms with Crippen molar-refractivity contribution < 1.29 is 24.2 Å². The minimum atomic E-state index is -0.859. The van der Waals surface area contributed by atoms with E-state index >= 15 is 0 Å². The maximum absolute atomic E-state index is 10.8. The number of fused-ring (bicyclic) bond motifs is 1. The molecule has 0 fully saturated rings. The average molecular weight is 248 g/mol. The summed E-state index contributed by atoms with van der Waals surface area (Å²) in [5, 5.41) is 18.7. The number of aromatic hydroxyl groups is 1. The van der Waals surface area contributed by atoms with E-state index in [0.717, 1.165) is 0 Å². The van der Waals surface area contributed by atoms with Gasteiger partial charge in [-0.05, 0) is 24.6 Å². The van der Waals surface area contributed by atoms with Gasteiger partial charge in [-0.25, -0.2) is 0 Å². The molecular weight excluding hydrogens is 236 g/mol. The summed E-state index contributed by atoms with van der Waals surface area (Å²) in [6, 6.07) is 4.55. The van der Waals surface area contributed by atoms with Gasteiger partial charge in [0.15, 0.2) is 6.29 Å². The summed E-state index contributed by atoms with van der Waals surface area (Å²) < 4.78 is 5.47. The zero-order valence-electron chi connectivity index (χ0n) is 9.55. The lowest BCUT2D eigenvalue weighted by atomic mass is 10.1. The zero-order valence-corrected chi connectivity index (χ0v) is 9.55. The topological polar surface area (TPSA) is 87.7 Å². The predicted octanol–water partition coefficient (Wildman–Crippen LogP) is 2.36. The number of phenolic OH excluding ortho intramolecular Hbond substituents is 1.